The fourth-order valence-corrected chi connectivity index (χ4v) is 5.09. The van der Waals surface area contributed by atoms with Crippen molar-refractivity contribution in [3.8, 4) is 11.8 Å². The number of alkyl halides is 3. The molecular weight excluding hydrogens is 469 g/mol. The largest absolute Gasteiger partial charge is 0.573 e. The second-order valence-corrected chi connectivity index (χ2v) is 9.29. The lowest BCUT2D eigenvalue weighted by Crippen LogP contribution is -2.38. The van der Waals surface area contributed by atoms with E-state index in [4.69, 9.17) is 0 Å². The summed E-state index contributed by atoms with van der Waals surface area (Å²) in [6.45, 7) is 3.72. The second-order valence-electron chi connectivity index (χ2n) is 8.11. The van der Waals surface area contributed by atoms with Crippen LogP contribution in [0.2, 0.25) is 0 Å². The van der Waals surface area contributed by atoms with E-state index in [1.807, 2.05) is 6.92 Å². The second kappa shape index (κ2) is 9.50. The number of ether oxygens (including phenoxy) is 1. The highest BCUT2D eigenvalue weighted by Gasteiger charge is 2.31. The lowest BCUT2D eigenvalue weighted by atomic mass is 9.94. The van der Waals surface area contributed by atoms with Gasteiger partial charge in [-0.05, 0) is 44.4 Å². The Hall–Kier alpha value is -3.33. The lowest BCUT2D eigenvalue weighted by Gasteiger charge is -2.35. The highest BCUT2D eigenvalue weighted by Crippen LogP contribution is 2.34. The van der Waals surface area contributed by atoms with Crippen molar-refractivity contribution in [3.63, 3.8) is 0 Å². The van der Waals surface area contributed by atoms with Crippen LogP contribution in [0.5, 0.6) is 5.75 Å². The van der Waals surface area contributed by atoms with Crippen LogP contribution in [0.25, 0.3) is 15.7 Å². The van der Waals surface area contributed by atoms with Crippen molar-refractivity contribution in [2.75, 3.05) is 24.5 Å². The third kappa shape index (κ3) is 5.09. The maximum absolute atomic E-state index is 12.8. The summed E-state index contributed by atoms with van der Waals surface area (Å²) in [5, 5.41) is 14.9. The fraction of sp³-hybridized carbons (Fsp3) is 0.455. The number of aromatic nitrogens is 3. The van der Waals surface area contributed by atoms with Crippen LogP contribution >= 0.6 is 11.3 Å². The molecule has 8 nitrogen and oxygen atoms in total. The minimum atomic E-state index is -4.76. The molecule has 0 amide bonds. The van der Waals surface area contributed by atoms with Crippen molar-refractivity contribution >= 4 is 33.2 Å². The van der Waals surface area contributed by atoms with Gasteiger partial charge in [0.25, 0.3) is 5.56 Å². The lowest BCUT2D eigenvalue weighted by molar-refractivity contribution is -0.274. The van der Waals surface area contributed by atoms with Gasteiger partial charge in [-0.25, -0.2) is 4.98 Å². The third-order valence-corrected chi connectivity index (χ3v) is 6.76. The summed E-state index contributed by atoms with van der Waals surface area (Å²) in [6.07, 6.45) is -1.15. The molecule has 1 aliphatic heterocycles. The number of hydrogen-bond acceptors (Lipinski definition) is 7. The zero-order chi connectivity index (χ0) is 24.5. The third-order valence-electron chi connectivity index (χ3n) is 5.71. The van der Waals surface area contributed by atoms with Crippen LogP contribution in [0.4, 0.5) is 24.7 Å². The monoisotopic (exact) mass is 491 g/mol. The number of piperidine rings is 1. The first-order valence-electron chi connectivity index (χ1n) is 10.7. The van der Waals surface area contributed by atoms with Crippen LogP contribution in [0.3, 0.4) is 0 Å². The molecular formula is C22H22F3N6O2S-. The number of anilines is 1. The van der Waals surface area contributed by atoms with Crippen molar-refractivity contribution in [1.82, 2.24) is 14.5 Å². The number of nitrogens with zero attached hydrogens (tertiary/aromatic N) is 6. The van der Waals surface area contributed by atoms with Crippen molar-refractivity contribution in [1.29, 1.82) is 5.26 Å². The molecule has 0 bridgehead atoms. The van der Waals surface area contributed by atoms with Crippen molar-refractivity contribution < 1.29 is 17.9 Å². The Balaban J connectivity index is 1.44. The Morgan fingerprint density at radius 2 is 2.18 bits per heavy atom. The van der Waals surface area contributed by atoms with E-state index >= 15 is 0 Å². The van der Waals surface area contributed by atoms with Gasteiger partial charge in [0.15, 0.2) is 0 Å². The number of halogens is 3. The molecule has 0 radical (unpaired) electrons. The minimum Gasteiger partial charge on any atom is -0.466 e. The van der Waals surface area contributed by atoms with E-state index in [-0.39, 0.29) is 22.8 Å². The summed E-state index contributed by atoms with van der Waals surface area (Å²) >= 11 is 1.43. The molecule has 4 rings (SSSR count). The van der Waals surface area contributed by atoms with Gasteiger partial charge in [0.05, 0.1) is 10.7 Å². The van der Waals surface area contributed by atoms with Crippen LogP contribution in [-0.2, 0) is 7.05 Å². The van der Waals surface area contributed by atoms with E-state index in [0.29, 0.717) is 30.1 Å². The van der Waals surface area contributed by atoms with Crippen LogP contribution in [0, 0.1) is 24.2 Å². The first-order valence-corrected chi connectivity index (χ1v) is 11.5. The average molecular weight is 492 g/mol. The smallest absolute Gasteiger partial charge is 0.466 e. The fourth-order valence-electron chi connectivity index (χ4n) is 4.21. The first kappa shape index (κ1) is 23.8. The number of hydrogen-bond donors (Lipinski definition) is 0. The normalized spacial score (nSPS) is 16.5. The predicted molar refractivity (Wildman–Crippen MR) is 123 cm³/mol. The molecule has 0 aliphatic carbocycles. The summed E-state index contributed by atoms with van der Waals surface area (Å²) < 4.78 is 42.1. The van der Waals surface area contributed by atoms with Gasteiger partial charge in [0, 0.05) is 20.1 Å². The molecule has 12 heteroatoms. The van der Waals surface area contributed by atoms with E-state index in [1.54, 1.807) is 7.05 Å². The molecule has 1 aliphatic rings. The predicted octanol–water partition coefficient (Wildman–Crippen LogP) is 4.78. The van der Waals surface area contributed by atoms with Gasteiger partial charge in [-0.1, -0.05) is 18.4 Å². The Labute approximate surface area is 197 Å². The zero-order valence-electron chi connectivity index (χ0n) is 18.6. The van der Waals surface area contributed by atoms with Gasteiger partial charge < -0.3 is 24.5 Å². The number of pyridine rings is 2. The van der Waals surface area contributed by atoms with Gasteiger partial charge in [0.1, 0.15) is 27.7 Å². The van der Waals surface area contributed by atoms with E-state index in [1.165, 1.54) is 28.0 Å². The molecule has 4 heterocycles. The van der Waals surface area contributed by atoms with E-state index in [0.717, 1.165) is 41.8 Å². The van der Waals surface area contributed by atoms with Gasteiger partial charge >= 0.3 is 6.36 Å². The van der Waals surface area contributed by atoms with E-state index < -0.39 is 6.36 Å². The molecule has 3 aromatic heterocycles. The molecule has 1 atom stereocenters. The van der Waals surface area contributed by atoms with Gasteiger partial charge in [-0.15, -0.1) is 24.5 Å². The molecule has 0 spiro atoms. The molecule has 0 aromatic carbocycles. The van der Waals surface area contributed by atoms with Gasteiger partial charge in [0.2, 0.25) is 0 Å². The SMILES string of the molecule is Cc1nc2c(N3CCC[C@H](CC[N-]c4ccc(OC(F)(F)F)cn4)C3)c(C#N)c(=O)n(C)c2s1. The first-order chi connectivity index (χ1) is 16.2. The van der Waals surface area contributed by atoms with Crippen LogP contribution < -0.4 is 15.2 Å². The van der Waals surface area contributed by atoms with Crippen molar-refractivity contribution in [2.45, 2.75) is 32.5 Å². The van der Waals surface area contributed by atoms with Crippen LogP contribution in [-0.4, -0.2) is 40.5 Å². The Kier molecular flexibility index (Phi) is 6.65. The molecule has 34 heavy (non-hydrogen) atoms. The highest BCUT2D eigenvalue weighted by atomic mass is 32.1. The standard InChI is InChI=1S/C22H22F3N6O2S/c1-13-29-18-19(16(10-26)20(32)30(2)21(18)34-13)31-9-3-4-14(12-31)7-8-27-17-6-5-15(11-28-17)33-22(23,24)25/h5-6,11,14H,3-4,7-9,12H2,1-2H3/q-1/t14-/m1/s1. The number of thiazole rings is 1. The minimum absolute atomic E-state index is 0.107. The molecule has 1 saturated heterocycles. The average Bonchev–Trinajstić information content (AvgIpc) is 3.18. The van der Waals surface area contributed by atoms with E-state index in [2.05, 4.69) is 31.0 Å². The summed E-state index contributed by atoms with van der Waals surface area (Å²) in [5.41, 5.74) is 1.07. The Morgan fingerprint density at radius 1 is 1.38 bits per heavy atom. The topological polar surface area (TPSA) is 98.1 Å². The quantitative estimate of drug-likeness (QED) is 0.492. The maximum atomic E-state index is 12.8. The van der Waals surface area contributed by atoms with Crippen molar-refractivity contribution in [3.05, 3.63) is 44.6 Å². The van der Waals surface area contributed by atoms with Crippen molar-refractivity contribution in [2.24, 2.45) is 13.0 Å². The number of nitriles is 1. The molecule has 3 aromatic rings. The van der Waals surface area contributed by atoms with Crippen LogP contribution in [0.1, 0.15) is 29.8 Å². The summed E-state index contributed by atoms with van der Waals surface area (Å²) in [6, 6.07) is 4.65. The summed E-state index contributed by atoms with van der Waals surface area (Å²) in [7, 11) is 1.66. The van der Waals surface area contributed by atoms with Gasteiger partial charge in [-0.2, -0.15) is 5.26 Å². The summed E-state index contributed by atoms with van der Waals surface area (Å²) in [5.74, 6) is 0.219. The van der Waals surface area contributed by atoms with Gasteiger partial charge in [-0.3, -0.25) is 4.79 Å². The van der Waals surface area contributed by atoms with Crippen LogP contribution in [0.15, 0.2) is 23.1 Å². The number of rotatable bonds is 6. The highest BCUT2D eigenvalue weighted by molar-refractivity contribution is 7.18. The van der Waals surface area contributed by atoms with E-state index in [9.17, 15) is 23.2 Å². The number of fused-ring (bicyclic) bond motifs is 1. The Morgan fingerprint density at radius 3 is 2.85 bits per heavy atom. The number of aryl methyl sites for hydroxylation is 2. The zero-order valence-corrected chi connectivity index (χ0v) is 19.4. The molecule has 0 saturated carbocycles. The molecule has 1 fully saturated rings. The maximum Gasteiger partial charge on any atom is 0.573 e. The molecule has 0 unspecified atom stereocenters. The molecule has 180 valence electrons. The Bertz CT molecular complexity index is 1280. The molecule has 0 N–H and O–H groups in total. The summed E-state index contributed by atoms with van der Waals surface area (Å²) in [4.78, 5) is 24.1.